The molecule has 0 aliphatic carbocycles. The van der Waals surface area contributed by atoms with E-state index in [4.69, 9.17) is 15.9 Å². The Morgan fingerprint density at radius 3 is 1.68 bits per heavy atom. The van der Waals surface area contributed by atoms with Crippen LogP contribution in [0.1, 0.15) is 40.5 Å². The molecule has 0 fully saturated rings. The Bertz CT molecular complexity index is 668. The van der Waals surface area contributed by atoms with Gasteiger partial charge in [0.1, 0.15) is 24.2 Å². The van der Waals surface area contributed by atoms with Crippen LogP contribution in [-0.4, -0.2) is 86.5 Å². The van der Waals surface area contributed by atoms with Crippen LogP contribution in [0.15, 0.2) is 0 Å². The first-order valence-corrected chi connectivity index (χ1v) is 9.70. The molecule has 0 aliphatic heterocycles. The van der Waals surface area contributed by atoms with Gasteiger partial charge in [0, 0.05) is 0 Å². The molecule has 178 valence electrons. The molecule has 0 aromatic heterocycles. The summed E-state index contributed by atoms with van der Waals surface area (Å²) in [4.78, 5) is 59.4. The van der Waals surface area contributed by atoms with Crippen molar-refractivity contribution in [1.29, 1.82) is 0 Å². The zero-order valence-electron chi connectivity index (χ0n) is 17.9. The van der Waals surface area contributed by atoms with Crippen LogP contribution in [0.5, 0.6) is 0 Å². The fourth-order valence-corrected chi connectivity index (χ4v) is 2.45. The molecule has 7 unspecified atom stereocenters. The predicted octanol–water partition coefficient (Wildman–Crippen LogP) is -2.86. The van der Waals surface area contributed by atoms with Crippen LogP contribution in [-0.2, 0) is 24.0 Å². The fraction of sp³-hybridized carbons (Fsp3) is 0.722. The maximum Gasteiger partial charge on any atom is 0.326 e. The second-order valence-electron chi connectivity index (χ2n) is 7.36. The van der Waals surface area contributed by atoms with E-state index in [1.165, 1.54) is 13.8 Å². The zero-order chi connectivity index (χ0) is 24.5. The van der Waals surface area contributed by atoms with E-state index in [0.29, 0.717) is 6.42 Å². The summed E-state index contributed by atoms with van der Waals surface area (Å²) in [5.41, 5.74) is 5.51. The third kappa shape index (κ3) is 9.27. The highest BCUT2D eigenvalue weighted by atomic mass is 16.4. The lowest BCUT2D eigenvalue weighted by molar-refractivity contribution is -0.147. The van der Waals surface area contributed by atoms with Crippen LogP contribution in [0.3, 0.4) is 0 Å². The van der Waals surface area contributed by atoms with Gasteiger partial charge >= 0.3 is 11.9 Å². The van der Waals surface area contributed by atoms with Gasteiger partial charge in [-0.2, -0.15) is 0 Å². The molecule has 7 atom stereocenters. The molecule has 0 rings (SSSR count). The van der Waals surface area contributed by atoms with E-state index in [1.807, 2.05) is 0 Å². The molecule has 0 radical (unpaired) electrons. The number of hydrogen-bond acceptors (Lipinski definition) is 8. The summed E-state index contributed by atoms with van der Waals surface area (Å²) in [5.74, 6) is -6.31. The molecule has 0 aromatic carbocycles. The highest BCUT2D eigenvalue weighted by Crippen LogP contribution is 2.10. The van der Waals surface area contributed by atoms with Crippen LogP contribution in [0.2, 0.25) is 0 Å². The number of aliphatic hydroxyl groups is 2. The van der Waals surface area contributed by atoms with Gasteiger partial charge in [0.25, 0.3) is 0 Å². The maximum absolute atomic E-state index is 12.7. The minimum absolute atomic E-state index is 0.383. The molecule has 3 amide bonds. The van der Waals surface area contributed by atoms with E-state index in [0.717, 1.165) is 0 Å². The summed E-state index contributed by atoms with van der Waals surface area (Å²) in [5, 5.41) is 43.8. The van der Waals surface area contributed by atoms with Crippen LogP contribution in [0.4, 0.5) is 0 Å². The molecule has 9 N–H and O–H groups in total. The molecule has 0 saturated heterocycles. The quantitative estimate of drug-likeness (QED) is 0.144. The van der Waals surface area contributed by atoms with Crippen molar-refractivity contribution < 1.29 is 44.4 Å². The summed E-state index contributed by atoms with van der Waals surface area (Å²) in [6.45, 7) is 5.78. The van der Waals surface area contributed by atoms with Gasteiger partial charge in [0.05, 0.1) is 18.6 Å². The molecule has 0 spiro atoms. The van der Waals surface area contributed by atoms with Gasteiger partial charge in [0.2, 0.25) is 17.7 Å². The number of amides is 3. The van der Waals surface area contributed by atoms with E-state index < -0.39 is 78.4 Å². The van der Waals surface area contributed by atoms with Gasteiger partial charge < -0.3 is 42.1 Å². The zero-order valence-corrected chi connectivity index (χ0v) is 17.9. The topological polar surface area (TPSA) is 228 Å². The van der Waals surface area contributed by atoms with Crippen LogP contribution in [0.25, 0.3) is 0 Å². The monoisotopic (exact) mass is 448 g/mol. The second-order valence-corrected chi connectivity index (χ2v) is 7.36. The van der Waals surface area contributed by atoms with Crippen molar-refractivity contribution >= 4 is 29.7 Å². The summed E-state index contributed by atoms with van der Waals surface area (Å²) < 4.78 is 0. The van der Waals surface area contributed by atoms with E-state index >= 15 is 0 Å². The van der Waals surface area contributed by atoms with Crippen LogP contribution >= 0.6 is 0 Å². The van der Waals surface area contributed by atoms with Crippen molar-refractivity contribution in [3.05, 3.63) is 0 Å². The minimum atomic E-state index is -1.72. The summed E-state index contributed by atoms with van der Waals surface area (Å²) in [6.07, 6.45) is -3.11. The summed E-state index contributed by atoms with van der Waals surface area (Å²) >= 11 is 0. The molecule has 0 aromatic rings. The Balaban J connectivity index is 5.53. The van der Waals surface area contributed by atoms with Gasteiger partial charge in [0.15, 0.2) is 0 Å². The highest BCUT2D eigenvalue weighted by Gasteiger charge is 2.35. The molecule has 0 bridgehead atoms. The number of hydrogen-bond donors (Lipinski definition) is 8. The lowest BCUT2D eigenvalue weighted by atomic mass is 9.97. The maximum atomic E-state index is 12.7. The lowest BCUT2D eigenvalue weighted by Gasteiger charge is -2.29. The van der Waals surface area contributed by atoms with Crippen molar-refractivity contribution in [1.82, 2.24) is 16.0 Å². The number of aliphatic hydroxyl groups excluding tert-OH is 2. The Kier molecular flexibility index (Phi) is 11.7. The Hall–Kier alpha value is -2.77. The number of carbonyl (C=O) groups excluding carboxylic acids is 3. The number of aliphatic carboxylic acids is 2. The minimum Gasteiger partial charge on any atom is -0.481 e. The largest absolute Gasteiger partial charge is 0.481 e. The number of carbonyl (C=O) groups is 5. The van der Waals surface area contributed by atoms with Crippen molar-refractivity contribution in [2.75, 3.05) is 0 Å². The average Bonchev–Trinajstić information content (AvgIpc) is 2.66. The number of nitrogens with one attached hydrogen (secondary N) is 3. The molecule has 0 heterocycles. The van der Waals surface area contributed by atoms with Gasteiger partial charge in [-0.05, 0) is 19.8 Å². The van der Waals surface area contributed by atoms with E-state index in [2.05, 4.69) is 16.0 Å². The molecular weight excluding hydrogens is 416 g/mol. The summed E-state index contributed by atoms with van der Waals surface area (Å²) in [6, 6.07) is -5.89. The highest BCUT2D eigenvalue weighted by molar-refractivity contribution is 5.95. The van der Waals surface area contributed by atoms with Gasteiger partial charge in [-0.1, -0.05) is 20.3 Å². The molecule has 13 heteroatoms. The van der Waals surface area contributed by atoms with Gasteiger partial charge in [-0.25, -0.2) is 4.79 Å². The number of carboxylic acids is 2. The standard InChI is InChI=1S/C18H32N4O9/c1-5-7(2)13(16(28)20-10(18(30)31)6-11(25)26)21-17(29)14(9(4)24)22-15(27)12(19)8(3)23/h7-10,12-14,23-24H,5-6,19H2,1-4H3,(H,20,28)(H,21,29)(H,22,27)(H,25,26)(H,30,31). The molecule has 0 aliphatic rings. The SMILES string of the molecule is CCC(C)C(NC(=O)C(NC(=O)C(N)C(C)O)C(C)O)C(=O)NC(CC(=O)O)C(=O)O. The first-order valence-electron chi connectivity index (χ1n) is 9.70. The Morgan fingerprint density at radius 2 is 1.29 bits per heavy atom. The normalized spacial score (nSPS) is 17.8. The first-order chi connectivity index (χ1) is 14.2. The third-order valence-electron chi connectivity index (χ3n) is 4.67. The number of nitrogens with two attached hydrogens (primary N) is 1. The fourth-order valence-electron chi connectivity index (χ4n) is 2.45. The molecule has 31 heavy (non-hydrogen) atoms. The summed E-state index contributed by atoms with van der Waals surface area (Å²) in [7, 11) is 0. The number of carboxylic acid groups (broad SMARTS) is 2. The van der Waals surface area contributed by atoms with Gasteiger partial charge in [-0.15, -0.1) is 0 Å². The van der Waals surface area contributed by atoms with Crippen molar-refractivity contribution in [2.24, 2.45) is 11.7 Å². The smallest absolute Gasteiger partial charge is 0.326 e. The Morgan fingerprint density at radius 1 is 0.806 bits per heavy atom. The van der Waals surface area contributed by atoms with Crippen molar-refractivity contribution in [3.8, 4) is 0 Å². The molecule has 13 nitrogen and oxygen atoms in total. The van der Waals surface area contributed by atoms with E-state index in [1.54, 1.807) is 13.8 Å². The van der Waals surface area contributed by atoms with E-state index in [9.17, 15) is 34.2 Å². The lowest BCUT2D eigenvalue weighted by Crippen LogP contribution is -2.61. The van der Waals surface area contributed by atoms with Crippen LogP contribution in [0, 0.1) is 5.92 Å². The third-order valence-corrected chi connectivity index (χ3v) is 4.67. The molecular formula is C18H32N4O9. The van der Waals surface area contributed by atoms with Crippen LogP contribution < -0.4 is 21.7 Å². The average molecular weight is 448 g/mol. The second kappa shape index (κ2) is 12.8. The van der Waals surface area contributed by atoms with Gasteiger partial charge in [-0.3, -0.25) is 19.2 Å². The van der Waals surface area contributed by atoms with E-state index in [-0.39, 0.29) is 0 Å². The number of rotatable bonds is 13. The van der Waals surface area contributed by atoms with Crippen molar-refractivity contribution in [3.63, 3.8) is 0 Å². The predicted molar refractivity (Wildman–Crippen MR) is 106 cm³/mol. The molecule has 0 saturated carbocycles. The Labute approximate surface area is 179 Å². The first kappa shape index (κ1) is 28.2. The van der Waals surface area contributed by atoms with Crippen molar-refractivity contribution in [2.45, 2.75) is 76.9 Å².